The Labute approximate surface area is 296 Å². The average molecular weight is 715 g/mol. The van der Waals surface area contributed by atoms with Crippen LogP contribution in [0, 0.1) is 0 Å². The fourth-order valence-corrected chi connectivity index (χ4v) is 5.50. The van der Waals surface area contributed by atoms with E-state index >= 15 is 0 Å². The Hall–Kier alpha value is -2.07. The summed E-state index contributed by atoms with van der Waals surface area (Å²) in [6.07, 6.45) is 33.9. The number of allylic oxidation sites excluding steroid dienone is 8. The Morgan fingerprint density at radius 2 is 0.959 bits per heavy atom. The number of carbonyl (C=O) groups excluding carboxylic acids is 2. The van der Waals surface area contributed by atoms with Gasteiger partial charge in [-0.1, -0.05) is 140 Å². The number of unbranched alkanes of at least 4 members (excludes halogenated alkanes) is 12. The third-order valence-electron chi connectivity index (χ3n) is 7.57. The second-order valence-electron chi connectivity index (χ2n) is 12.2. The molecule has 0 aromatic rings. The Balaban J connectivity index is 4.08. The van der Waals surface area contributed by atoms with E-state index in [1.165, 1.54) is 57.8 Å². The van der Waals surface area contributed by atoms with Crippen LogP contribution in [0.4, 0.5) is 0 Å². The van der Waals surface area contributed by atoms with E-state index in [2.05, 4.69) is 44.2 Å². The molecule has 284 valence electrons. The van der Waals surface area contributed by atoms with Gasteiger partial charge < -0.3 is 24.6 Å². The van der Waals surface area contributed by atoms with E-state index in [-0.39, 0.29) is 12.8 Å². The molecule has 0 aromatic carbocycles. The minimum atomic E-state index is -4.65. The molecule has 0 rings (SSSR count). The maximum absolute atomic E-state index is 12.3. The minimum absolute atomic E-state index is 0.0703. The minimum Gasteiger partial charge on any atom is -0.457 e. The summed E-state index contributed by atoms with van der Waals surface area (Å²) in [5.41, 5.74) is 0. The first-order valence-corrected chi connectivity index (χ1v) is 20.1. The quantitative estimate of drug-likeness (QED) is 0.0255. The van der Waals surface area contributed by atoms with Gasteiger partial charge in [0.15, 0.2) is 0 Å². The van der Waals surface area contributed by atoms with Crippen LogP contribution in [0.15, 0.2) is 48.6 Å². The largest absolute Gasteiger partial charge is 0.472 e. The molecule has 0 amide bonds. The van der Waals surface area contributed by atoms with Crippen molar-refractivity contribution in [3.05, 3.63) is 48.6 Å². The van der Waals surface area contributed by atoms with Gasteiger partial charge in [0.1, 0.15) is 12.2 Å². The van der Waals surface area contributed by atoms with Gasteiger partial charge in [-0.2, -0.15) is 0 Å². The molecule has 0 radical (unpaired) electrons. The van der Waals surface area contributed by atoms with Crippen LogP contribution in [-0.2, 0) is 32.7 Å². The summed E-state index contributed by atoms with van der Waals surface area (Å²) in [5.74, 6) is -1.11. The van der Waals surface area contributed by atoms with Crippen LogP contribution in [0.2, 0.25) is 0 Å². The molecule has 0 heterocycles. The number of aliphatic hydroxyl groups is 2. The third-order valence-corrected chi connectivity index (χ3v) is 8.52. The molecule has 0 aromatic heterocycles. The zero-order valence-electron chi connectivity index (χ0n) is 30.4. The van der Waals surface area contributed by atoms with Gasteiger partial charge in [0.05, 0.1) is 26.4 Å². The topological polar surface area (TPSA) is 149 Å². The van der Waals surface area contributed by atoms with Crippen LogP contribution in [0.5, 0.6) is 0 Å². The number of hydrogen-bond acceptors (Lipinski definition) is 9. The van der Waals surface area contributed by atoms with Crippen LogP contribution < -0.4 is 0 Å². The zero-order valence-corrected chi connectivity index (χ0v) is 31.3. The number of phosphoric acid groups is 1. The monoisotopic (exact) mass is 714 g/mol. The van der Waals surface area contributed by atoms with Crippen molar-refractivity contribution in [1.29, 1.82) is 0 Å². The van der Waals surface area contributed by atoms with E-state index in [4.69, 9.17) is 18.5 Å². The van der Waals surface area contributed by atoms with Crippen molar-refractivity contribution >= 4 is 19.8 Å². The van der Waals surface area contributed by atoms with Gasteiger partial charge >= 0.3 is 19.8 Å². The highest BCUT2D eigenvalue weighted by Gasteiger charge is 2.27. The third kappa shape index (κ3) is 32.9. The molecule has 49 heavy (non-hydrogen) atoms. The summed E-state index contributed by atoms with van der Waals surface area (Å²) in [5, 5.41) is 19.0. The van der Waals surface area contributed by atoms with Crippen LogP contribution in [0.3, 0.4) is 0 Å². The van der Waals surface area contributed by atoms with E-state index in [0.29, 0.717) is 12.8 Å². The van der Waals surface area contributed by atoms with Crippen LogP contribution in [-0.4, -0.2) is 65.7 Å². The van der Waals surface area contributed by atoms with Gasteiger partial charge in [-0.25, -0.2) is 4.57 Å². The summed E-state index contributed by atoms with van der Waals surface area (Å²) in [7, 11) is -4.65. The Morgan fingerprint density at radius 1 is 0.571 bits per heavy atom. The molecule has 0 aliphatic rings. The lowest BCUT2D eigenvalue weighted by molar-refractivity contribution is -0.153. The molecule has 0 aliphatic carbocycles. The summed E-state index contributed by atoms with van der Waals surface area (Å²) < 4.78 is 32.3. The van der Waals surface area contributed by atoms with E-state index in [9.17, 15) is 29.3 Å². The van der Waals surface area contributed by atoms with Crippen molar-refractivity contribution in [3.8, 4) is 0 Å². The second kappa shape index (κ2) is 34.4. The molecule has 0 saturated heterocycles. The van der Waals surface area contributed by atoms with Gasteiger partial charge in [0.2, 0.25) is 0 Å². The second-order valence-corrected chi connectivity index (χ2v) is 13.6. The molecular weight excluding hydrogens is 647 g/mol. The SMILES string of the molecule is CC/C=C\C/C=C\C/C=C\C/C=C\CCC(=O)OC(CO)COP(=O)(O)OCC(CO)OC(=O)CCCCCCCCCCCCCCC. The fraction of sp³-hybridized carbons (Fsp3) is 0.737. The Bertz CT molecular complexity index is 962. The lowest BCUT2D eigenvalue weighted by Gasteiger charge is -2.20. The Kier molecular flexibility index (Phi) is 32.9. The number of ether oxygens (including phenoxy) is 2. The molecule has 0 spiro atoms. The number of rotatable bonds is 34. The first kappa shape index (κ1) is 46.9. The van der Waals surface area contributed by atoms with Crippen molar-refractivity contribution < 1.29 is 47.8 Å². The van der Waals surface area contributed by atoms with E-state index in [0.717, 1.165) is 44.9 Å². The molecular formula is C38H67O10P. The van der Waals surface area contributed by atoms with Gasteiger partial charge in [0, 0.05) is 12.8 Å². The van der Waals surface area contributed by atoms with Gasteiger partial charge in [-0.3, -0.25) is 18.6 Å². The lowest BCUT2D eigenvalue weighted by Crippen LogP contribution is -2.28. The fourth-order valence-electron chi connectivity index (χ4n) is 4.72. The normalized spacial score (nSPS) is 14.6. The number of carbonyl (C=O) groups is 2. The highest BCUT2D eigenvalue weighted by atomic mass is 31.2. The van der Waals surface area contributed by atoms with E-state index < -0.39 is 58.4 Å². The Morgan fingerprint density at radius 3 is 1.39 bits per heavy atom. The molecule has 11 heteroatoms. The molecule has 3 unspecified atom stereocenters. The summed E-state index contributed by atoms with van der Waals surface area (Å²) >= 11 is 0. The molecule has 0 bridgehead atoms. The predicted molar refractivity (Wildman–Crippen MR) is 196 cm³/mol. The smallest absolute Gasteiger partial charge is 0.457 e. The van der Waals surface area contributed by atoms with Crippen molar-refractivity contribution in [3.63, 3.8) is 0 Å². The summed E-state index contributed by atoms with van der Waals surface area (Å²) in [6.45, 7) is 1.98. The highest BCUT2D eigenvalue weighted by molar-refractivity contribution is 7.47. The van der Waals surface area contributed by atoms with E-state index in [1.807, 2.05) is 18.2 Å². The van der Waals surface area contributed by atoms with Crippen molar-refractivity contribution in [2.45, 2.75) is 154 Å². The first-order valence-electron chi connectivity index (χ1n) is 18.6. The highest BCUT2D eigenvalue weighted by Crippen LogP contribution is 2.43. The number of phosphoric ester groups is 1. The van der Waals surface area contributed by atoms with Gasteiger partial charge in [0.25, 0.3) is 0 Å². The van der Waals surface area contributed by atoms with E-state index in [1.54, 1.807) is 0 Å². The first-order chi connectivity index (χ1) is 23.8. The van der Waals surface area contributed by atoms with Crippen molar-refractivity contribution in [2.75, 3.05) is 26.4 Å². The molecule has 3 N–H and O–H groups in total. The molecule has 10 nitrogen and oxygen atoms in total. The maximum Gasteiger partial charge on any atom is 0.472 e. The summed E-state index contributed by atoms with van der Waals surface area (Å²) in [6, 6.07) is 0. The predicted octanol–water partition coefficient (Wildman–Crippen LogP) is 8.99. The van der Waals surface area contributed by atoms with Crippen LogP contribution in [0.25, 0.3) is 0 Å². The zero-order chi connectivity index (χ0) is 36.3. The van der Waals surface area contributed by atoms with Crippen LogP contribution >= 0.6 is 7.82 Å². The van der Waals surface area contributed by atoms with Crippen molar-refractivity contribution in [2.24, 2.45) is 0 Å². The standard InChI is InChI=1S/C38H67O10P/c1-3-5-7-9-11-13-15-17-19-21-23-25-27-29-37(41)47-35(31-39)33-45-49(43,44)46-34-36(32-40)48-38(42)30-28-26-24-22-20-18-16-14-12-10-8-6-4-2/h5,7,11,13,17,19,23,25,35-36,39-40H,3-4,6,8-10,12,14-16,18,20-22,24,26-34H2,1-2H3,(H,43,44)/b7-5-,13-11-,19-17-,25-23-. The van der Waals surface area contributed by atoms with Gasteiger partial charge in [-0.05, 0) is 38.5 Å². The van der Waals surface area contributed by atoms with Crippen LogP contribution in [0.1, 0.15) is 142 Å². The molecule has 0 aliphatic heterocycles. The molecule has 0 fully saturated rings. The molecule has 0 saturated carbocycles. The average Bonchev–Trinajstić information content (AvgIpc) is 3.09. The lowest BCUT2D eigenvalue weighted by atomic mass is 10.0. The van der Waals surface area contributed by atoms with Crippen molar-refractivity contribution in [1.82, 2.24) is 0 Å². The number of esters is 2. The summed E-state index contributed by atoms with van der Waals surface area (Å²) in [4.78, 5) is 34.3. The maximum atomic E-state index is 12.3. The number of hydrogen-bond donors (Lipinski definition) is 3. The van der Waals surface area contributed by atoms with Gasteiger partial charge in [-0.15, -0.1) is 0 Å². The molecule has 3 atom stereocenters. The number of aliphatic hydroxyl groups excluding tert-OH is 2.